The van der Waals surface area contributed by atoms with Gasteiger partial charge in [-0.15, -0.1) is 0 Å². The Bertz CT molecular complexity index is 1290. The second-order valence-electron chi connectivity index (χ2n) is 8.46. The highest BCUT2D eigenvalue weighted by molar-refractivity contribution is 6.31. The largest absolute Gasteiger partial charge is 0.484 e. The number of anilines is 1. The number of imide groups is 1. The van der Waals surface area contributed by atoms with E-state index >= 15 is 0 Å². The highest BCUT2D eigenvalue weighted by Gasteiger charge is 2.45. The SMILES string of the molecule is CC(C)C(=O)N(NC(=O)COc1ccc2ccccc2c1)C1CC(=O)N(c2ccc(Cl)cc2)C1=O. The third kappa shape index (κ3) is 5.27. The molecule has 1 heterocycles. The molecule has 180 valence electrons. The van der Waals surface area contributed by atoms with E-state index in [4.69, 9.17) is 16.3 Å². The van der Waals surface area contributed by atoms with Gasteiger partial charge in [0, 0.05) is 10.9 Å². The molecule has 0 aliphatic carbocycles. The molecule has 4 amide bonds. The van der Waals surface area contributed by atoms with E-state index in [0.29, 0.717) is 16.5 Å². The van der Waals surface area contributed by atoms with Crippen molar-refractivity contribution in [1.29, 1.82) is 0 Å². The Balaban J connectivity index is 1.48. The predicted octanol–water partition coefficient (Wildman–Crippen LogP) is 3.72. The summed E-state index contributed by atoms with van der Waals surface area (Å²) in [5, 5.41) is 3.40. The van der Waals surface area contributed by atoms with Crippen molar-refractivity contribution in [3.8, 4) is 5.75 Å². The van der Waals surface area contributed by atoms with E-state index in [1.54, 1.807) is 44.2 Å². The van der Waals surface area contributed by atoms with Gasteiger partial charge in [0.05, 0.1) is 12.1 Å². The van der Waals surface area contributed by atoms with Crippen molar-refractivity contribution >= 4 is 51.7 Å². The lowest BCUT2D eigenvalue weighted by Crippen LogP contribution is -2.56. The van der Waals surface area contributed by atoms with Gasteiger partial charge in [-0.1, -0.05) is 55.8 Å². The monoisotopic (exact) mass is 493 g/mol. The third-order valence-corrected chi connectivity index (χ3v) is 5.84. The fourth-order valence-corrected chi connectivity index (χ4v) is 3.94. The molecule has 9 heteroatoms. The van der Waals surface area contributed by atoms with Gasteiger partial charge in [0.1, 0.15) is 11.8 Å². The molecule has 1 atom stereocenters. The van der Waals surface area contributed by atoms with Crippen LogP contribution in [0.15, 0.2) is 66.7 Å². The summed E-state index contributed by atoms with van der Waals surface area (Å²) in [5.41, 5.74) is 2.82. The fourth-order valence-electron chi connectivity index (χ4n) is 3.82. The number of nitrogens with zero attached hydrogens (tertiary/aromatic N) is 2. The molecular formula is C26H24ClN3O5. The molecule has 1 aliphatic heterocycles. The molecule has 3 aromatic carbocycles. The molecule has 0 aromatic heterocycles. The van der Waals surface area contributed by atoms with Crippen molar-refractivity contribution < 1.29 is 23.9 Å². The summed E-state index contributed by atoms with van der Waals surface area (Å²) in [7, 11) is 0. The summed E-state index contributed by atoms with van der Waals surface area (Å²) in [4.78, 5) is 52.4. The Hall–Kier alpha value is -3.91. The summed E-state index contributed by atoms with van der Waals surface area (Å²) < 4.78 is 5.60. The lowest BCUT2D eigenvalue weighted by atomic mass is 10.1. The summed E-state index contributed by atoms with van der Waals surface area (Å²) in [6, 6.07) is 18.2. The summed E-state index contributed by atoms with van der Waals surface area (Å²) >= 11 is 5.91. The van der Waals surface area contributed by atoms with Crippen molar-refractivity contribution in [2.45, 2.75) is 26.3 Å². The van der Waals surface area contributed by atoms with Crippen molar-refractivity contribution in [2.24, 2.45) is 5.92 Å². The molecule has 0 saturated carbocycles. The number of nitrogens with one attached hydrogen (secondary N) is 1. The van der Waals surface area contributed by atoms with Crippen LogP contribution in [0.1, 0.15) is 20.3 Å². The van der Waals surface area contributed by atoms with Crippen LogP contribution in [0.3, 0.4) is 0 Å². The quantitative estimate of drug-likeness (QED) is 0.417. The topological polar surface area (TPSA) is 96.0 Å². The number of hydrogen-bond acceptors (Lipinski definition) is 5. The molecule has 1 saturated heterocycles. The van der Waals surface area contributed by atoms with Gasteiger partial charge in [-0.3, -0.25) is 24.6 Å². The van der Waals surface area contributed by atoms with E-state index < -0.39 is 35.6 Å². The zero-order valence-electron chi connectivity index (χ0n) is 19.2. The molecule has 1 N–H and O–H groups in total. The van der Waals surface area contributed by atoms with Gasteiger partial charge < -0.3 is 4.74 Å². The second kappa shape index (κ2) is 10.1. The highest BCUT2D eigenvalue weighted by atomic mass is 35.5. The first kappa shape index (κ1) is 24.2. The number of carbonyl (C=O) groups is 4. The minimum atomic E-state index is -1.17. The smallest absolute Gasteiger partial charge is 0.276 e. The van der Waals surface area contributed by atoms with E-state index in [2.05, 4.69) is 5.43 Å². The van der Waals surface area contributed by atoms with Crippen molar-refractivity contribution in [3.63, 3.8) is 0 Å². The Morgan fingerprint density at radius 2 is 1.74 bits per heavy atom. The Labute approximate surface area is 207 Å². The average molecular weight is 494 g/mol. The zero-order chi connectivity index (χ0) is 25.1. The molecule has 8 nitrogen and oxygen atoms in total. The molecule has 1 unspecified atom stereocenters. The predicted molar refractivity (Wildman–Crippen MR) is 132 cm³/mol. The number of halogens is 1. The zero-order valence-corrected chi connectivity index (χ0v) is 20.0. The first-order valence-electron chi connectivity index (χ1n) is 11.1. The molecule has 35 heavy (non-hydrogen) atoms. The second-order valence-corrected chi connectivity index (χ2v) is 8.90. The number of rotatable bonds is 6. The summed E-state index contributed by atoms with van der Waals surface area (Å²) in [5.74, 6) is -2.25. The first-order valence-corrected chi connectivity index (χ1v) is 11.5. The molecule has 3 aromatic rings. The normalized spacial score (nSPS) is 15.5. The van der Waals surface area contributed by atoms with Gasteiger partial charge >= 0.3 is 0 Å². The third-order valence-electron chi connectivity index (χ3n) is 5.59. The minimum absolute atomic E-state index is 0.258. The number of fused-ring (bicyclic) bond motifs is 1. The van der Waals surface area contributed by atoms with E-state index in [-0.39, 0.29) is 13.0 Å². The van der Waals surface area contributed by atoms with Gasteiger partial charge in [-0.05, 0) is 47.2 Å². The number of carbonyl (C=O) groups excluding carboxylic acids is 4. The van der Waals surface area contributed by atoms with Crippen LogP contribution in [0.5, 0.6) is 5.75 Å². The van der Waals surface area contributed by atoms with Crippen molar-refractivity contribution in [3.05, 3.63) is 71.8 Å². The Kier molecular flexibility index (Phi) is 7.02. The maximum Gasteiger partial charge on any atom is 0.276 e. The van der Waals surface area contributed by atoms with Crippen LogP contribution in [0.4, 0.5) is 5.69 Å². The number of hydrazine groups is 1. The van der Waals surface area contributed by atoms with Gasteiger partial charge in [0.15, 0.2) is 6.61 Å². The van der Waals surface area contributed by atoms with E-state index in [1.165, 1.54) is 0 Å². The van der Waals surface area contributed by atoms with Crippen molar-refractivity contribution in [2.75, 3.05) is 11.5 Å². The summed E-state index contributed by atoms with van der Waals surface area (Å²) in [6.07, 6.45) is -0.258. The number of ether oxygens (including phenoxy) is 1. The number of amides is 4. The molecule has 0 bridgehead atoms. The van der Waals surface area contributed by atoms with Crippen LogP contribution >= 0.6 is 11.6 Å². The van der Waals surface area contributed by atoms with Gasteiger partial charge in [0.25, 0.3) is 11.8 Å². The molecular weight excluding hydrogens is 470 g/mol. The van der Waals surface area contributed by atoms with Gasteiger partial charge in [0.2, 0.25) is 11.8 Å². The number of hydrogen-bond donors (Lipinski definition) is 1. The molecule has 0 spiro atoms. The van der Waals surface area contributed by atoms with E-state index in [1.807, 2.05) is 36.4 Å². The van der Waals surface area contributed by atoms with E-state index in [0.717, 1.165) is 20.7 Å². The molecule has 0 radical (unpaired) electrons. The van der Waals surface area contributed by atoms with Gasteiger partial charge in [-0.2, -0.15) is 0 Å². The minimum Gasteiger partial charge on any atom is -0.484 e. The average Bonchev–Trinajstić information content (AvgIpc) is 3.14. The first-order chi connectivity index (χ1) is 16.7. The number of benzene rings is 3. The molecule has 1 fully saturated rings. The van der Waals surface area contributed by atoms with Crippen LogP contribution < -0.4 is 15.1 Å². The van der Waals surface area contributed by atoms with Crippen molar-refractivity contribution in [1.82, 2.24) is 10.4 Å². The maximum atomic E-state index is 13.2. The lowest BCUT2D eigenvalue weighted by molar-refractivity contribution is -0.150. The molecule has 1 aliphatic rings. The van der Waals surface area contributed by atoms with Crippen LogP contribution in [0.2, 0.25) is 5.02 Å². The van der Waals surface area contributed by atoms with Crippen LogP contribution in [-0.2, 0) is 19.2 Å². The summed E-state index contributed by atoms with van der Waals surface area (Å²) in [6.45, 7) is 2.91. The van der Waals surface area contributed by atoms with Crippen LogP contribution in [0.25, 0.3) is 10.8 Å². The molecule has 4 rings (SSSR count). The maximum absolute atomic E-state index is 13.2. The highest BCUT2D eigenvalue weighted by Crippen LogP contribution is 2.27. The standard InChI is InChI=1S/C26H24ClN3O5/c1-16(2)25(33)30(22-14-24(32)29(26(22)34)20-10-8-19(27)9-11-20)28-23(31)15-35-21-12-7-17-5-3-4-6-18(17)13-21/h3-13,16,22H,14-15H2,1-2H3,(H,28,31). The van der Waals surface area contributed by atoms with Crippen LogP contribution in [0, 0.1) is 5.92 Å². The Morgan fingerprint density at radius 3 is 2.43 bits per heavy atom. The van der Waals surface area contributed by atoms with Crippen LogP contribution in [-0.4, -0.2) is 41.3 Å². The Morgan fingerprint density at radius 1 is 1.06 bits per heavy atom. The van der Waals surface area contributed by atoms with Gasteiger partial charge in [-0.25, -0.2) is 9.91 Å². The lowest BCUT2D eigenvalue weighted by Gasteiger charge is -2.29. The van der Waals surface area contributed by atoms with E-state index in [9.17, 15) is 19.2 Å². The fraction of sp³-hybridized carbons (Fsp3) is 0.231.